The van der Waals surface area contributed by atoms with Gasteiger partial charge in [0.25, 0.3) is 11.8 Å². The van der Waals surface area contributed by atoms with E-state index in [9.17, 15) is 14.0 Å². The van der Waals surface area contributed by atoms with E-state index < -0.39 is 11.8 Å². The highest BCUT2D eigenvalue weighted by atomic mass is 32.1. The molecule has 3 rings (SSSR count). The average molecular weight is 383 g/mol. The number of nitrogens with zero attached hydrogens (tertiary/aromatic N) is 1. The topological polar surface area (TPSA) is 71.1 Å². The number of hydrazine groups is 1. The van der Waals surface area contributed by atoms with Gasteiger partial charge < -0.3 is 0 Å². The summed E-state index contributed by atoms with van der Waals surface area (Å²) in [6.07, 6.45) is 0.889. The van der Waals surface area contributed by atoms with Gasteiger partial charge in [0.2, 0.25) is 0 Å². The summed E-state index contributed by atoms with van der Waals surface area (Å²) < 4.78 is 13.1. The zero-order chi connectivity index (χ0) is 19.4. The normalized spacial score (nSPS) is 10.5. The van der Waals surface area contributed by atoms with E-state index >= 15 is 0 Å². The number of carbonyl (C=O) groups excluding carboxylic acids is 2. The number of rotatable bonds is 4. The quantitative estimate of drug-likeness (QED) is 0.672. The minimum Gasteiger partial charge on any atom is -0.267 e. The zero-order valence-electron chi connectivity index (χ0n) is 14.9. The van der Waals surface area contributed by atoms with Crippen molar-refractivity contribution in [1.82, 2.24) is 15.8 Å². The molecule has 2 aromatic carbocycles. The molecule has 0 bridgehead atoms. The second-order valence-electron chi connectivity index (χ2n) is 5.90. The van der Waals surface area contributed by atoms with Gasteiger partial charge in [0.05, 0.1) is 5.69 Å². The first-order valence-electron chi connectivity index (χ1n) is 8.41. The molecule has 0 aliphatic rings. The Hall–Kier alpha value is -3.06. The SMILES string of the molecule is CCc1ccc(C(=O)NNC(=O)c2sc(-c3ccc(F)cc3)nc2C)cc1. The number of thiazole rings is 1. The summed E-state index contributed by atoms with van der Waals surface area (Å²) in [5.41, 5.74) is 7.68. The maximum atomic E-state index is 13.1. The van der Waals surface area contributed by atoms with E-state index in [1.54, 1.807) is 31.2 Å². The van der Waals surface area contributed by atoms with Crippen molar-refractivity contribution in [3.8, 4) is 10.6 Å². The molecule has 0 saturated heterocycles. The maximum Gasteiger partial charge on any atom is 0.281 e. The first kappa shape index (κ1) is 18.7. The standard InChI is InChI=1S/C20H18FN3O2S/c1-3-13-4-6-14(7-5-13)18(25)23-24-19(26)17-12(2)22-20(27-17)15-8-10-16(21)11-9-15/h4-11H,3H2,1-2H3,(H,23,25)(H,24,26). The zero-order valence-corrected chi connectivity index (χ0v) is 15.7. The van der Waals surface area contributed by atoms with Crippen LogP contribution in [0.1, 0.15) is 38.2 Å². The summed E-state index contributed by atoms with van der Waals surface area (Å²) >= 11 is 1.18. The molecule has 0 unspecified atom stereocenters. The molecule has 0 fully saturated rings. The van der Waals surface area contributed by atoms with Crippen LogP contribution < -0.4 is 10.9 Å². The number of aromatic nitrogens is 1. The highest BCUT2D eigenvalue weighted by Gasteiger charge is 2.17. The number of amides is 2. The van der Waals surface area contributed by atoms with Crippen LogP contribution in [0.5, 0.6) is 0 Å². The van der Waals surface area contributed by atoms with Gasteiger partial charge >= 0.3 is 0 Å². The first-order chi connectivity index (χ1) is 13.0. The molecule has 0 aliphatic carbocycles. The number of halogens is 1. The fraction of sp³-hybridized carbons (Fsp3) is 0.150. The maximum absolute atomic E-state index is 13.1. The van der Waals surface area contributed by atoms with E-state index in [-0.39, 0.29) is 5.82 Å². The lowest BCUT2D eigenvalue weighted by Crippen LogP contribution is -2.41. The lowest BCUT2D eigenvalue weighted by Gasteiger charge is -2.07. The van der Waals surface area contributed by atoms with Crippen LogP contribution in [0.2, 0.25) is 0 Å². The van der Waals surface area contributed by atoms with Crippen LogP contribution in [-0.2, 0) is 6.42 Å². The fourth-order valence-corrected chi connectivity index (χ4v) is 3.42. The van der Waals surface area contributed by atoms with Gasteiger partial charge in [-0.2, -0.15) is 0 Å². The number of hydrogen-bond acceptors (Lipinski definition) is 4. The van der Waals surface area contributed by atoms with Crippen molar-refractivity contribution in [3.63, 3.8) is 0 Å². The van der Waals surface area contributed by atoms with Crippen LogP contribution in [0.25, 0.3) is 10.6 Å². The number of hydrogen-bond donors (Lipinski definition) is 2. The molecule has 1 aromatic heterocycles. The third kappa shape index (κ3) is 4.38. The molecule has 3 aromatic rings. The molecule has 0 atom stereocenters. The number of carbonyl (C=O) groups is 2. The summed E-state index contributed by atoms with van der Waals surface area (Å²) in [6, 6.07) is 13.1. The minimum atomic E-state index is -0.447. The van der Waals surface area contributed by atoms with Gasteiger partial charge in [-0.25, -0.2) is 9.37 Å². The Balaban J connectivity index is 1.67. The molecule has 27 heavy (non-hydrogen) atoms. The van der Waals surface area contributed by atoms with Crippen molar-refractivity contribution >= 4 is 23.2 Å². The highest BCUT2D eigenvalue weighted by Crippen LogP contribution is 2.27. The number of nitrogens with one attached hydrogen (secondary N) is 2. The Bertz CT molecular complexity index is 966. The molecule has 0 radical (unpaired) electrons. The van der Waals surface area contributed by atoms with E-state index in [0.29, 0.717) is 21.1 Å². The fourth-order valence-electron chi connectivity index (χ4n) is 2.46. The van der Waals surface area contributed by atoms with E-state index in [1.165, 1.54) is 23.5 Å². The predicted octanol–water partition coefficient (Wildman–Crippen LogP) is 3.89. The smallest absolute Gasteiger partial charge is 0.267 e. The molecule has 1 heterocycles. The molecular formula is C20H18FN3O2S. The number of aryl methyl sites for hydroxylation is 2. The van der Waals surface area contributed by atoms with Crippen molar-refractivity contribution in [2.75, 3.05) is 0 Å². The molecule has 0 spiro atoms. The van der Waals surface area contributed by atoms with Crippen LogP contribution in [0.15, 0.2) is 48.5 Å². The molecule has 7 heteroatoms. The first-order valence-corrected chi connectivity index (χ1v) is 9.22. The Labute approximate surface area is 160 Å². The Kier molecular flexibility index (Phi) is 5.61. The molecule has 2 N–H and O–H groups in total. The summed E-state index contributed by atoms with van der Waals surface area (Å²) in [5.74, 6) is -1.18. The monoisotopic (exact) mass is 383 g/mol. The Morgan fingerprint density at radius 1 is 1.00 bits per heavy atom. The van der Waals surface area contributed by atoms with E-state index in [4.69, 9.17) is 0 Å². The molecule has 0 saturated carbocycles. The summed E-state index contributed by atoms with van der Waals surface area (Å²) in [7, 11) is 0. The highest BCUT2D eigenvalue weighted by molar-refractivity contribution is 7.17. The van der Waals surface area contributed by atoms with Gasteiger partial charge in [-0.15, -0.1) is 11.3 Å². The van der Waals surface area contributed by atoms with Gasteiger partial charge in [-0.05, 0) is 55.3 Å². The van der Waals surface area contributed by atoms with Crippen molar-refractivity contribution in [2.24, 2.45) is 0 Å². The summed E-state index contributed by atoms with van der Waals surface area (Å²) in [5, 5.41) is 0.610. The average Bonchev–Trinajstić information content (AvgIpc) is 3.08. The Morgan fingerprint density at radius 3 is 2.26 bits per heavy atom. The lowest BCUT2D eigenvalue weighted by molar-refractivity contribution is 0.0848. The van der Waals surface area contributed by atoms with Gasteiger partial charge in [-0.1, -0.05) is 19.1 Å². The van der Waals surface area contributed by atoms with Gasteiger partial charge in [-0.3, -0.25) is 20.4 Å². The van der Waals surface area contributed by atoms with E-state index in [0.717, 1.165) is 17.5 Å². The van der Waals surface area contributed by atoms with E-state index in [1.807, 2.05) is 19.1 Å². The third-order valence-electron chi connectivity index (χ3n) is 4.01. The van der Waals surface area contributed by atoms with Crippen molar-refractivity contribution in [2.45, 2.75) is 20.3 Å². The third-order valence-corrected chi connectivity index (χ3v) is 5.21. The van der Waals surface area contributed by atoms with E-state index in [2.05, 4.69) is 15.8 Å². The van der Waals surface area contributed by atoms with Crippen LogP contribution in [0, 0.1) is 12.7 Å². The van der Waals surface area contributed by atoms with Crippen molar-refractivity contribution in [3.05, 3.63) is 76.0 Å². The van der Waals surface area contributed by atoms with Crippen LogP contribution in [0.4, 0.5) is 4.39 Å². The van der Waals surface area contributed by atoms with Gasteiger partial charge in [0.15, 0.2) is 0 Å². The lowest BCUT2D eigenvalue weighted by atomic mass is 10.1. The molecule has 2 amide bonds. The second kappa shape index (κ2) is 8.09. The van der Waals surface area contributed by atoms with Crippen LogP contribution in [-0.4, -0.2) is 16.8 Å². The second-order valence-corrected chi connectivity index (χ2v) is 6.90. The van der Waals surface area contributed by atoms with Gasteiger partial charge in [0.1, 0.15) is 15.7 Å². The largest absolute Gasteiger partial charge is 0.281 e. The predicted molar refractivity (Wildman–Crippen MR) is 103 cm³/mol. The Morgan fingerprint density at radius 2 is 1.63 bits per heavy atom. The van der Waals surface area contributed by atoms with Crippen LogP contribution in [0.3, 0.4) is 0 Å². The molecule has 5 nitrogen and oxygen atoms in total. The minimum absolute atomic E-state index is 0.334. The molecular weight excluding hydrogens is 365 g/mol. The molecule has 138 valence electrons. The van der Waals surface area contributed by atoms with Crippen molar-refractivity contribution in [1.29, 1.82) is 0 Å². The van der Waals surface area contributed by atoms with Crippen LogP contribution >= 0.6 is 11.3 Å². The summed E-state index contributed by atoms with van der Waals surface area (Å²) in [4.78, 5) is 29.3. The van der Waals surface area contributed by atoms with Crippen molar-refractivity contribution < 1.29 is 14.0 Å². The summed E-state index contributed by atoms with van der Waals surface area (Å²) in [6.45, 7) is 3.75. The van der Waals surface area contributed by atoms with Gasteiger partial charge in [0, 0.05) is 11.1 Å². The molecule has 0 aliphatic heterocycles. The number of benzene rings is 2.